The molecule has 37 heavy (non-hydrogen) atoms. The Hall–Kier alpha value is -3.16. The standard InChI is InChI=1S/C23H30F3N7O3S/c1-5-7-14-12-15-17(32-9-10-33-16(13-32)30-31-19(33)23(24,25)26)28-20(29-18(15)37-14)35-11-6-8-27-21(34)36-22(2,3)4/h12H,5-11,13H2,1-4H3,(H,27,34). The number of aromatic nitrogens is 5. The Morgan fingerprint density at radius 1 is 1.19 bits per heavy atom. The first-order chi connectivity index (χ1) is 17.4. The molecular formula is C23H30F3N7O3S. The van der Waals surface area contributed by atoms with Crippen molar-refractivity contribution >= 4 is 33.5 Å². The van der Waals surface area contributed by atoms with E-state index in [1.165, 1.54) is 0 Å². The van der Waals surface area contributed by atoms with Crippen molar-refractivity contribution in [3.05, 3.63) is 22.6 Å². The molecule has 0 saturated carbocycles. The molecule has 0 aliphatic carbocycles. The lowest BCUT2D eigenvalue weighted by atomic mass is 10.2. The van der Waals surface area contributed by atoms with Gasteiger partial charge in [0, 0.05) is 24.5 Å². The van der Waals surface area contributed by atoms with Gasteiger partial charge < -0.3 is 24.3 Å². The summed E-state index contributed by atoms with van der Waals surface area (Å²) in [5, 5.41) is 10.6. The van der Waals surface area contributed by atoms with Crippen molar-refractivity contribution in [1.29, 1.82) is 0 Å². The smallest absolute Gasteiger partial charge is 0.451 e. The van der Waals surface area contributed by atoms with Gasteiger partial charge in [0.1, 0.15) is 16.2 Å². The van der Waals surface area contributed by atoms with Crippen LogP contribution in [0.5, 0.6) is 6.01 Å². The van der Waals surface area contributed by atoms with Crippen molar-refractivity contribution in [2.24, 2.45) is 0 Å². The van der Waals surface area contributed by atoms with E-state index in [0.29, 0.717) is 25.3 Å². The Balaban J connectivity index is 1.49. The molecule has 14 heteroatoms. The van der Waals surface area contributed by atoms with Crippen LogP contribution >= 0.6 is 11.3 Å². The van der Waals surface area contributed by atoms with Crippen molar-refractivity contribution in [3.63, 3.8) is 0 Å². The molecule has 4 rings (SSSR count). The molecule has 202 valence electrons. The number of aryl methyl sites for hydroxylation is 1. The summed E-state index contributed by atoms with van der Waals surface area (Å²) < 4.78 is 51.9. The van der Waals surface area contributed by atoms with Gasteiger partial charge in [-0.2, -0.15) is 23.1 Å². The topological polar surface area (TPSA) is 107 Å². The number of thiophene rings is 1. The highest BCUT2D eigenvalue weighted by Gasteiger charge is 2.39. The van der Waals surface area contributed by atoms with Gasteiger partial charge in [0.05, 0.1) is 18.5 Å². The molecule has 0 spiro atoms. The second-order valence-corrected chi connectivity index (χ2v) is 10.8. The number of alkyl halides is 3. The van der Waals surface area contributed by atoms with Gasteiger partial charge in [-0.3, -0.25) is 0 Å². The zero-order chi connectivity index (χ0) is 26.8. The monoisotopic (exact) mass is 541 g/mol. The summed E-state index contributed by atoms with van der Waals surface area (Å²) in [7, 11) is 0. The maximum Gasteiger partial charge on any atom is 0.451 e. The van der Waals surface area contributed by atoms with Crippen LogP contribution in [0.15, 0.2) is 6.07 Å². The van der Waals surface area contributed by atoms with Gasteiger partial charge in [-0.25, -0.2) is 4.79 Å². The molecule has 0 unspecified atom stereocenters. The number of nitrogens with one attached hydrogen (secondary N) is 1. The predicted octanol–water partition coefficient (Wildman–Crippen LogP) is 4.57. The second kappa shape index (κ2) is 10.7. The molecule has 1 aliphatic rings. The predicted molar refractivity (Wildman–Crippen MR) is 132 cm³/mol. The van der Waals surface area contributed by atoms with Crippen LogP contribution in [0.3, 0.4) is 0 Å². The van der Waals surface area contributed by atoms with Gasteiger partial charge >= 0.3 is 18.3 Å². The van der Waals surface area contributed by atoms with E-state index in [-0.39, 0.29) is 31.5 Å². The highest BCUT2D eigenvalue weighted by atomic mass is 32.1. The SMILES string of the molecule is CCCc1cc2c(N3CCn4c(nnc4C(F)(F)F)C3)nc(OCCCNC(=O)OC(C)(C)C)nc2s1. The Kier molecular flexibility index (Phi) is 7.76. The van der Waals surface area contributed by atoms with Crippen LogP contribution in [0.4, 0.5) is 23.8 Å². The largest absolute Gasteiger partial charge is 0.463 e. The second-order valence-electron chi connectivity index (χ2n) is 9.65. The molecule has 0 saturated heterocycles. The van der Waals surface area contributed by atoms with Crippen LogP contribution in [0.2, 0.25) is 0 Å². The highest BCUT2D eigenvalue weighted by Crippen LogP contribution is 2.36. The number of alkyl carbamates (subject to hydrolysis) is 1. The summed E-state index contributed by atoms with van der Waals surface area (Å²) in [6.45, 7) is 8.60. The van der Waals surface area contributed by atoms with E-state index in [2.05, 4.69) is 32.4 Å². The normalized spacial score (nSPS) is 14.1. The van der Waals surface area contributed by atoms with Gasteiger partial charge in [0.25, 0.3) is 0 Å². The minimum atomic E-state index is -4.56. The summed E-state index contributed by atoms with van der Waals surface area (Å²) in [5.41, 5.74) is -0.576. The summed E-state index contributed by atoms with van der Waals surface area (Å²) in [4.78, 5) is 24.7. The van der Waals surface area contributed by atoms with Crippen molar-refractivity contribution < 1.29 is 27.4 Å². The number of amides is 1. The maximum atomic E-state index is 13.3. The maximum absolute atomic E-state index is 13.3. The Bertz CT molecular complexity index is 1250. The van der Waals surface area contributed by atoms with Crippen molar-refractivity contribution in [2.75, 3.05) is 24.6 Å². The van der Waals surface area contributed by atoms with Gasteiger partial charge in [-0.15, -0.1) is 21.5 Å². The number of halogens is 3. The number of hydrogen-bond donors (Lipinski definition) is 1. The Labute approximate surface area is 216 Å². The number of hydrogen-bond acceptors (Lipinski definition) is 9. The van der Waals surface area contributed by atoms with Crippen molar-refractivity contribution in [3.8, 4) is 6.01 Å². The fourth-order valence-electron chi connectivity index (χ4n) is 3.90. The summed E-state index contributed by atoms with van der Waals surface area (Å²) in [6, 6.07) is 2.21. The van der Waals surface area contributed by atoms with E-state index in [1.54, 1.807) is 32.1 Å². The van der Waals surface area contributed by atoms with Gasteiger partial charge in [-0.1, -0.05) is 13.3 Å². The third-order valence-electron chi connectivity index (χ3n) is 5.43. The first kappa shape index (κ1) is 26.9. The van der Waals surface area contributed by atoms with E-state index < -0.39 is 23.7 Å². The summed E-state index contributed by atoms with van der Waals surface area (Å²) in [5.74, 6) is -0.168. The lowest BCUT2D eigenvalue weighted by molar-refractivity contribution is -0.147. The first-order valence-electron chi connectivity index (χ1n) is 12.1. The molecule has 1 N–H and O–H groups in total. The number of fused-ring (bicyclic) bond motifs is 2. The molecular weight excluding hydrogens is 511 g/mol. The molecule has 0 atom stereocenters. The van der Waals surface area contributed by atoms with Crippen LogP contribution in [-0.4, -0.2) is 56.1 Å². The number of nitrogens with zero attached hydrogens (tertiary/aromatic N) is 6. The van der Waals surface area contributed by atoms with Gasteiger partial charge in [0.2, 0.25) is 5.82 Å². The zero-order valence-corrected chi connectivity index (χ0v) is 22.0. The first-order valence-corrected chi connectivity index (χ1v) is 12.9. The van der Waals surface area contributed by atoms with Crippen LogP contribution in [0.1, 0.15) is 57.1 Å². The van der Waals surface area contributed by atoms with Crippen molar-refractivity contribution in [1.82, 2.24) is 30.0 Å². The van der Waals surface area contributed by atoms with E-state index in [4.69, 9.17) is 9.47 Å². The molecule has 10 nitrogen and oxygen atoms in total. The number of carbonyl (C=O) groups excluding carboxylic acids is 1. The minimum absolute atomic E-state index is 0.0845. The van der Waals surface area contributed by atoms with Gasteiger partial charge in [-0.05, 0) is 39.7 Å². The molecule has 3 aromatic rings. The van der Waals surface area contributed by atoms with E-state index >= 15 is 0 Å². The number of carbonyl (C=O) groups is 1. The molecule has 4 heterocycles. The quantitative estimate of drug-likeness (QED) is 0.414. The molecule has 0 bridgehead atoms. The molecule has 0 radical (unpaired) electrons. The van der Waals surface area contributed by atoms with Gasteiger partial charge in [0.15, 0.2) is 5.82 Å². The van der Waals surface area contributed by atoms with Crippen molar-refractivity contribution in [2.45, 2.75) is 71.8 Å². The number of anilines is 1. The fraction of sp³-hybridized carbons (Fsp3) is 0.609. The third kappa shape index (κ3) is 6.59. The summed E-state index contributed by atoms with van der Waals surface area (Å²) in [6.07, 6.45) is -2.69. The van der Waals surface area contributed by atoms with Crippen LogP contribution < -0.4 is 15.0 Å². The molecule has 0 aromatic carbocycles. The molecule has 1 amide bonds. The third-order valence-corrected chi connectivity index (χ3v) is 6.52. The minimum Gasteiger partial charge on any atom is -0.463 e. The van der Waals surface area contributed by atoms with E-state index in [1.807, 2.05) is 11.0 Å². The fourth-order valence-corrected chi connectivity index (χ4v) is 5.02. The molecule has 3 aromatic heterocycles. The van der Waals surface area contributed by atoms with E-state index in [0.717, 1.165) is 32.5 Å². The Morgan fingerprint density at radius 2 is 1.97 bits per heavy atom. The molecule has 1 aliphatic heterocycles. The number of ether oxygens (including phenoxy) is 2. The lowest BCUT2D eigenvalue weighted by Gasteiger charge is -2.29. The number of rotatable bonds is 8. The highest BCUT2D eigenvalue weighted by molar-refractivity contribution is 7.18. The van der Waals surface area contributed by atoms with Crippen LogP contribution in [-0.2, 0) is 30.4 Å². The lowest BCUT2D eigenvalue weighted by Crippen LogP contribution is -2.36. The average molecular weight is 542 g/mol. The van der Waals surface area contributed by atoms with E-state index in [9.17, 15) is 18.0 Å². The zero-order valence-electron chi connectivity index (χ0n) is 21.2. The van der Waals surface area contributed by atoms with Crippen LogP contribution in [0.25, 0.3) is 10.2 Å². The van der Waals surface area contributed by atoms with Crippen LogP contribution in [0, 0.1) is 0 Å². The average Bonchev–Trinajstić information content (AvgIpc) is 3.40. The summed E-state index contributed by atoms with van der Waals surface area (Å²) >= 11 is 1.55. The Morgan fingerprint density at radius 3 is 2.68 bits per heavy atom. The molecule has 0 fully saturated rings.